The molecule has 30 heavy (non-hydrogen) atoms. The van der Waals surface area contributed by atoms with E-state index in [4.69, 9.17) is 23.8 Å². The zero-order valence-electron chi connectivity index (χ0n) is 16.0. The van der Waals surface area contributed by atoms with Gasteiger partial charge < -0.3 is 0 Å². The number of carbonyl (C=O) groups excluding carboxylic acids is 3. The Morgan fingerprint density at radius 3 is 2.43 bits per heavy atom. The Morgan fingerprint density at radius 2 is 1.77 bits per heavy atom. The van der Waals surface area contributed by atoms with Crippen LogP contribution in [0.15, 0.2) is 53.4 Å². The van der Waals surface area contributed by atoms with Crippen LogP contribution in [0, 0.1) is 6.92 Å². The number of carbonyl (C=O) groups is 3. The molecule has 0 saturated carbocycles. The monoisotopic (exact) mass is 459 g/mol. The van der Waals surface area contributed by atoms with E-state index in [2.05, 4.69) is 10.9 Å². The van der Waals surface area contributed by atoms with Crippen molar-refractivity contribution in [1.29, 1.82) is 0 Å². The summed E-state index contributed by atoms with van der Waals surface area (Å²) in [4.78, 5) is 38.6. The minimum Gasteiger partial charge on any atom is -0.292 e. The number of aryl methyl sites for hydroxylation is 1. The predicted octanol–water partition coefficient (Wildman–Crippen LogP) is 3.70. The quantitative estimate of drug-likeness (QED) is 0.405. The van der Waals surface area contributed by atoms with E-state index in [9.17, 15) is 14.4 Å². The number of nitrogens with zero attached hydrogens (tertiary/aromatic N) is 1. The second-order valence-corrected chi connectivity index (χ2v) is 8.62. The summed E-state index contributed by atoms with van der Waals surface area (Å²) in [5.74, 6) is -1.14. The van der Waals surface area contributed by atoms with Gasteiger partial charge in [0, 0.05) is 23.6 Å². The molecule has 0 spiro atoms. The number of thioether (sulfide) groups is 1. The maximum atomic E-state index is 12.6. The smallest absolute Gasteiger partial charge is 0.269 e. The van der Waals surface area contributed by atoms with Gasteiger partial charge in [0.05, 0.1) is 4.91 Å². The van der Waals surface area contributed by atoms with Crippen LogP contribution in [0.3, 0.4) is 0 Å². The molecule has 0 aliphatic carbocycles. The first kappa shape index (κ1) is 22.0. The fraction of sp³-hybridized carbons (Fsp3) is 0.143. The van der Waals surface area contributed by atoms with Gasteiger partial charge in [-0.2, -0.15) is 0 Å². The van der Waals surface area contributed by atoms with Crippen molar-refractivity contribution >= 4 is 63.7 Å². The Labute approximate surface area is 188 Å². The summed E-state index contributed by atoms with van der Waals surface area (Å²) in [5, 5.41) is 0.510. The molecule has 6 nitrogen and oxygen atoms in total. The van der Waals surface area contributed by atoms with Crippen LogP contribution in [0.2, 0.25) is 5.02 Å². The van der Waals surface area contributed by atoms with E-state index in [1.807, 2.05) is 31.2 Å². The maximum absolute atomic E-state index is 12.6. The van der Waals surface area contributed by atoms with Crippen LogP contribution in [0.4, 0.5) is 0 Å². The van der Waals surface area contributed by atoms with Crippen LogP contribution in [-0.4, -0.2) is 33.5 Å². The highest BCUT2D eigenvalue weighted by molar-refractivity contribution is 8.26. The molecular formula is C21H18ClN3O3S2. The van der Waals surface area contributed by atoms with Crippen LogP contribution in [0.25, 0.3) is 6.08 Å². The summed E-state index contributed by atoms with van der Waals surface area (Å²) >= 11 is 12.3. The molecule has 0 bridgehead atoms. The van der Waals surface area contributed by atoms with Crippen molar-refractivity contribution in [1.82, 2.24) is 15.8 Å². The van der Waals surface area contributed by atoms with Crippen LogP contribution in [0.1, 0.15) is 27.9 Å². The Bertz CT molecular complexity index is 1020. The number of thiocarbonyl (C=S) groups is 1. The van der Waals surface area contributed by atoms with Gasteiger partial charge in [-0.25, -0.2) is 0 Å². The van der Waals surface area contributed by atoms with Gasteiger partial charge >= 0.3 is 0 Å². The molecule has 2 aromatic carbocycles. The van der Waals surface area contributed by atoms with Gasteiger partial charge in [-0.3, -0.25) is 30.1 Å². The van der Waals surface area contributed by atoms with Crippen LogP contribution < -0.4 is 10.9 Å². The second-order valence-electron chi connectivity index (χ2n) is 6.50. The van der Waals surface area contributed by atoms with Gasteiger partial charge in [-0.15, -0.1) is 0 Å². The first-order valence-corrected chi connectivity index (χ1v) is 10.6. The van der Waals surface area contributed by atoms with E-state index >= 15 is 0 Å². The molecule has 1 aliphatic rings. The molecular weight excluding hydrogens is 442 g/mol. The maximum Gasteiger partial charge on any atom is 0.269 e. The lowest BCUT2D eigenvalue weighted by molar-refractivity contribution is -0.124. The average Bonchev–Trinajstić information content (AvgIpc) is 2.99. The van der Waals surface area contributed by atoms with Gasteiger partial charge in [0.15, 0.2) is 0 Å². The SMILES string of the molecule is Cc1ccc(/C=C2/SC(=S)N(CCC(=O)NNC(=O)c3ccc(Cl)cc3)C2=O)cc1. The van der Waals surface area contributed by atoms with E-state index in [0.29, 0.717) is 19.8 Å². The minimum atomic E-state index is -0.466. The van der Waals surface area contributed by atoms with Crippen LogP contribution in [-0.2, 0) is 9.59 Å². The van der Waals surface area contributed by atoms with E-state index < -0.39 is 11.8 Å². The molecule has 1 heterocycles. The fourth-order valence-electron chi connectivity index (χ4n) is 2.58. The van der Waals surface area contributed by atoms with Crippen molar-refractivity contribution in [2.75, 3.05) is 6.54 Å². The summed E-state index contributed by atoms with van der Waals surface area (Å²) in [5.41, 5.74) is 7.06. The van der Waals surface area contributed by atoms with E-state index in [1.165, 1.54) is 16.7 Å². The molecule has 154 valence electrons. The third kappa shape index (κ3) is 5.69. The van der Waals surface area contributed by atoms with Gasteiger partial charge in [0.25, 0.3) is 11.8 Å². The number of amides is 3. The van der Waals surface area contributed by atoms with Crippen molar-refractivity contribution in [2.45, 2.75) is 13.3 Å². The van der Waals surface area contributed by atoms with E-state index in [-0.39, 0.29) is 18.9 Å². The molecule has 1 aliphatic heterocycles. The number of hydrogen-bond donors (Lipinski definition) is 2. The van der Waals surface area contributed by atoms with Crippen molar-refractivity contribution < 1.29 is 14.4 Å². The fourth-order valence-corrected chi connectivity index (χ4v) is 4.02. The number of hydrogen-bond acceptors (Lipinski definition) is 5. The normalized spacial score (nSPS) is 14.9. The molecule has 0 aromatic heterocycles. The van der Waals surface area contributed by atoms with Crippen LogP contribution >= 0.6 is 35.6 Å². The van der Waals surface area contributed by atoms with Crippen molar-refractivity contribution in [3.05, 3.63) is 75.1 Å². The number of nitrogens with one attached hydrogen (secondary N) is 2. The molecule has 3 amide bonds. The summed E-state index contributed by atoms with van der Waals surface area (Å²) in [6.07, 6.45) is 1.77. The highest BCUT2D eigenvalue weighted by Crippen LogP contribution is 2.32. The highest BCUT2D eigenvalue weighted by Gasteiger charge is 2.32. The van der Waals surface area contributed by atoms with Crippen LogP contribution in [0.5, 0.6) is 0 Å². The number of hydrazine groups is 1. The molecule has 1 saturated heterocycles. The summed E-state index contributed by atoms with van der Waals surface area (Å²) in [6.45, 7) is 2.12. The third-order valence-electron chi connectivity index (χ3n) is 4.23. The summed E-state index contributed by atoms with van der Waals surface area (Å²) < 4.78 is 0.399. The molecule has 1 fully saturated rings. The number of benzene rings is 2. The van der Waals surface area contributed by atoms with Gasteiger partial charge in [0.1, 0.15) is 4.32 Å². The first-order valence-electron chi connectivity index (χ1n) is 9.00. The van der Waals surface area contributed by atoms with Gasteiger partial charge in [0.2, 0.25) is 5.91 Å². The largest absolute Gasteiger partial charge is 0.292 e. The zero-order chi connectivity index (χ0) is 21.7. The van der Waals surface area contributed by atoms with Crippen molar-refractivity contribution in [3.8, 4) is 0 Å². The van der Waals surface area contributed by atoms with Crippen molar-refractivity contribution in [2.24, 2.45) is 0 Å². The number of halogens is 1. The summed E-state index contributed by atoms with van der Waals surface area (Å²) in [7, 11) is 0. The van der Waals surface area contributed by atoms with Crippen molar-refractivity contribution in [3.63, 3.8) is 0 Å². The van der Waals surface area contributed by atoms with Gasteiger partial charge in [-0.1, -0.05) is 65.4 Å². The second kappa shape index (κ2) is 9.88. The van der Waals surface area contributed by atoms with Gasteiger partial charge in [-0.05, 0) is 42.8 Å². The average molecular weight is 460 g/mol. The molecule has 0 unspecified atom stereocenters. The lowest BCUT2D eigenvalue weighted by Crippen LogP contribution is -2.43. The standard InChI is InChI=1S/C21H18ClN3O3S2/c1-13-2-4-14(5-3-13)12-17-20(28)25(21(29)30-17)11-10-18(26)23-24-19(27)15-6-8-16(22)9-7-15/h2-9,12H,10-11H2,1H3,(H,23,26)(H,24,27)/b17-12+. The minimum absolute atomic E-state index is 0.00878. The first-order chi connectivity index (χ1) is 14.3. The molecule has 9 heteroatoms. The van der Waals surface area contributed by atoms with E-state index in [1.54, 1.807) is 30.3 Å². The lowest BCUT2D eigenvalue weighted by atomic mass is 10.1. The molecule has 0 radical (unpaired) electrons. The Morgan fingerprint density at radius 1 is 1.10 bits per heavy atom. The molecule has 2 N–H and O–H groups in total. The molecule has 2 aromatic rings. The number of rotatable bonds is 5. The summed E-state index contributed by atoms with van der Waals surface area (Å²) in [6, 6.07) is 14.0. The topological polar surface area (TPSA) is 78.5 Å². The Balaban J connectivity index is 1.51. The van der Waals surface area contributed by atoms with E-state index in [0.717, 1.165) is 11.1 Å². The highest BCUT2D eigenvalue weighted by atomic mass is 35.5. The third-order valence-corrected chi connectivity index (χ3v) is 5.86. The Kier molecular flexibility index (Phi) is 7.25. The Hall–Kier alpha value is -2.68. The lowest BCUT2D eigenvalue weighted by Gasteiger charge is -2.14. The zero-order valence-corrected chi connectivity index (χ0v) is 18.4. The molecule has 3 rings (SSSR count). The predicted molar refractivity (Wildman–Crippen MR) is 123 cm³/mol. The molecule has 0 atom stereocenters.